The molecule has 0 bridgehead atoms. The average molecular weight is 242 g/mol. The minimum Gasteiger partial charge on any atom is -0.467 e. The maximum Gasteiger partial charge on any atom is 0.341 e. The second-order valence-electron chi connectivity index (χ2n) is 4.64. The van der Waals surface area contributed by atoms with Crippen molar-refractivity contribution in [1.29, 1.82) is 0 Å². The minimum absolute atomic E-state index is 0.0767. The summed E-state index contributed by atoms with van der Waals surface area (Å²) in [5.74, 6) is -0.853. The third-order valence-corrected chi connectivity index (χ3v) is 3.78. The molecule has 1 aliphatic heterocycles. The summed E-state index contributed by atoms with van der Waals surface area (Å²) in [6.07, 6.45) is 4.35. The fourth-order valence-corrected chi connectivity index (χ4v) is 2.81. The van der Waals surface area contributed by atoms with Crippen LogP contribution in [0.15, 0.2) is 0 Å². The zero-order valence-electron chi connectivity index (χ0n) is 10.2. The van der Waals surface area contributed by atoms with Crippen molar-refractivity contribution >= 4 is 11.9 Å². The monoisotopic (exact) mass is 242 g/mol. The molecule has 0 unspecified atom stereocenters. The fraction of sp³-hybridized carbons (Fsp3) is 0.833. The van der Waals surface area contributed by atoms with Crippen LogP contribution in [0.1, 0.15) is 32.1 Å². The van der Waals surface area contributed by atoms with Gasteiger partial charge in [0.15, 0.2) is 6.10 Å². The van der Waals surface area contributed by atoms with Crippen LogP contribution in [0.3, 0.4) is 0 Å². The van der Waals surface area contributed by atoms with Crippen LogP contribution >= 0.6 is 0 Å². The molecule has 1 heterocycles. The number of hydrogen-bond donors (Lipinski definition) is 0. The van der Waals surface area contributed by atoms with E-state index < -0.39 is 23.6 Å². The molecule has 1 aliphatic carbocycles. The summed E-state index contributed by atoms with van der Waals surface area (Å²) in [7, 11) is 2.62. The van der Waals surface area contributed by atoms with Crippen LogP contribution < -0.4 is 0 Å². The van der Waals surface area contributed by atoms with Crippen molar-refractivity contribution in [2.24, 2.45) is 5.92 Å². The van der Waals surface area contributed by atoms with Gasteiger partial charge < -0.3 is 14.2 Å². The molecule has 0 spiro atoms. The summed E-state index contributed by atoms with van der Waals surface area (Å²) in [5, 5.41) is 0. The molecule has 2 rings (SSSR count). The molecule has 0 N–H and O–H groups in total. The van der Waals surface area contributed by atoms with E-state index in [0.29, 0.717) is 0 Å². The lowest BCUT2D eigenvalue weighted by atomic mass is 9.78. The number of methoxy groups -OCH3 is 2. The Morgan fingerprint density at radius 1 is 1.12 bits per heavy atom. The van der Waals surface area contributed by atoms with Crippen LogP contribution in [0, 0.1) is 5.92 Å². The maximum absolute atomic E-state index is 11.9. The van der Waals surface area contributed by atoms with Gasteiger partial charge in [-0.2, -0.15) is 0 Å². The molecule has 17 heavy (non-hydrogen) atoms. The highest BCUT2D eigenvalue weighted by Crippen LogP contribution is 2.50. The fourth-order valence-electron chi connectivity index (χ4n) is 2.81. The summed E-state index contributed by atoms with van der Waals surface area (Å²) in [6, 6.07) is 0. The van der Waals surface area contributed by atoms with Gasteiger partial charge in [-0.25, -0.2) is 9.59 Å². The van der Waals surface area contributed by atoms with Crippen LogP contribution in [-0.2, 0) is 23.8 Å². The number of hydrogen-bond acceptors (Lipinski definition) is 5. The van der Waals surface area contributed by atoms with Gasteiger partial charge in [-0.3, -0.25) is 0 Å². The van der Waals surface area contributed by atoms with Crippen LogP contribution in [0.2, 0.25) is 0 Å². The van der Waals surface area contributed by atoms with Gasteiger partial charge >= 0.3 is 11.9 Å². The van der Waals surface area contributed by atoms with Crippen LogP contribution in [0.4, 0.5) is 0 Å². The third kappa shape index (κ3) is 1.92. The number of carbonyl (C=O) groups is 2. The Hall–Kier alpha value is -1.10. The molecule has 5 nitrogen and oxygen atoms in total. The number of carbonyl (C=O) groups excluding carboxylic acids is 2. The number of epoxide rings is 1. The first kappa shape index (κ1) is 12.4. The van der Waals surface area contributed by atoms with E-state index in [2.05, 4.69) is 4.74 Å². The zero-order chi connectivity index (χ0) is 12.5. The minimum atomic E-state index is -1.07. The Morgan fingerprint density at radius 3 is 2.29 bits per heavy atom. The van der Waals surface area contributed by atoms with Crippen LogP contribution in [0.25, 0.3) is 0 Å². The Morgan fingerprint density at radius 2 is 1.76 bits per heavy atom. The molecular formula is C12H18O5. The average Bonchev–Trinajstić information content (AvgIpc) is 3.14. The summed E-state index contributed by atoms with van der Waals surface area (Å²) in [6.45, 7) is 0. The molecular weight excluding hydrogens is 224 g/mol. The van der Waals surface area contributed by atoms with Gasteiger partial charge in [0.1, 0.15) is 0 Å². The first-order valence-electron chi connectivity index (χ1n) is 6.01. The molecule has 2 fully saturated rings. The summed E-state index contributed by atoms with van der Waals surface area (Å²) < 4.78 is 14.8. The Balaban J connectivity index is 2.15. The maximum atomic E-state index is 11.9. The second kappa shape index (κ2) is 4.64. The van der Waals surface area contributed by atoms with E-state index in [9.17, 15) is 9.59 Å². The Bertz CT molecular complexity index is 321. The van der Waals surface area contributed by atoms with E-state index in [-0.39, 0.29) is 5.92 Å². The first-order valence-corrected chi connectivity index (χ1v) is 6.01. The number of esters is 2. The van der Waals surface area contributed by atoms with Crippen molar-refractivity contribution in [3.63, 3.8) is 0 Å². The standard InChI is InChI=1S/C12H18O5/c1-15-10(13)9-12(17-9,11(14)16-2)8-6-4-3-5-7-8/h8-9H,3-7H2,1-2H3/t9-,12-/m1/s1. The van der Waals surface area contributed by atoms with Crippen molar-refractivity contribution in [3.8, 4) is 0 Å². The SMILES string of the molecule is COC(=O)[C@H]1O[C@]1(C(=O)OC)C1CCCCC1. The van der Waals surface area contributed by atoms with Gasteiger partial charge in [-0.1, -0.05) is 19.3 Å². The van der Waals surface area contributed by atoms with E-state index in [1.807, 2.05) is 0 Å². The predicted molar refractivity (Wildman–Crippen MR) is 58.2 cm³/mol. The van der Waals surface area contributed by atoms with Crippen molar-refractivity contribution in [1.82, 2.24) is 0 Å². The molecule has 1 saturated carbocycles. The lowest BCUT2D eigenvalue weighted by molar-refractivity contribution is -0.150. The third-order valence-electron chi connectivity index (χ3n) is 3.78. The summed E-state index contributed by atoms with van der Waals surface area (Å²) in [4.78, 5) is 23.4. The quantitative estimate of drug-likeness (QED) is 0.546. The Labute approximate surface area is 100 Å². The molecule has 5 heteroatoms. The molecule has 0 amide bonds. The first-order chi connectivity index (χ1) is 8.16. The van der Waals surface area contributed by atoms with Crippen molar-refractivity contribution in [3.05, 3.63) is 0 Å². The van der Waals surface area contributed by atoms with Crippen molar-refractivity contribution < 1.29 is 23.8 Å². The highest BCUT2D eigenvalue weighted by molar-refractivity contribution is 5.94. The molecule has 2 aliphatic rings. The molecule has 96 valence electrons. The number of rotatable bonds is 3. The second-order valence-corrected chi connectivity index (χ2v) is 4.64. The van der Waals surface area contributed by atoms with Crippen molar-refractivity contribution in [2.45, 2.75) is 43.8 Å². The molecule has 1 saturated heterocycles. The number of ether oxygens (including phenoxy) is 3. The van der Waals surface area contributed by atoms with Gasteiger partial charge in [-0.05, 0) is 12.8 Å². The normalized spacial score (nSPS) is 32.9. The van der Waals surface area contributed by atoms with Crippen LogP contribution in [-0.4, -0.2) is 37.9 Å². The van der Waals surface area contributed by atoms with E-state index in [0.717, 1.165) is 25.7 Å². The lowest BCUT2D eigenvalue weighted by Gasteiger charge is -2.26. The van der Waals surface area contributed by atoms with E-state index >= 15 is 0 Å². The lowest BCUT2D eigenvalue weighted by Crippen LogP contribution is -2.40. The van der Waals surface area contributed by atoms with Gasteiger partial charge in [0.25, 0.3) is 0 Å². The van der Waals surface area contributed by atoms with Crippen LogP contribution in [0.5, 0.6) is 0 Å². The summed E-state index contributed by atoms with van der Waals surface area (Å²) in [5.41, 5.74) is -1.07. The predicted octanol–water partition coefficient (Wildman–Crippen LogP) is 1.05. The molecule has 0 radical (unpaired) electrons. The topological polar surface area (TPSA) is 65.1 Å². The molecule has 0 aromatic rings. The molecule has 0 aromatic carbocycles. The van der Waals surface area contributed by atoms with Gasteiger partial charge in [-0.15, -0.1) is 0 Å². The highest BCUT2D eigenvalue weighted by Gasteiger charge is 2.71. The van der Waals surface area contributed by atoms with Gasteiger partial charge in [0.2, 0.25) is 5.60 Å². The zero-order valence-corrected chi connectivity index (χ0v) is 10.2. The van der Waals surface area contributed by atoms with Crippen molar-refractivity contribution in [2.75, 3.05) is 14.2 Å². The van der Waals surface area contributed by atoms with Gasteiger partial charge in [0.05, 0.1) is 14.2 Å². The van der Waals surface area contributed by atoms with Gasteiger partial charge in [0, 0.05) is 5.92 Å². The largest absolute Gasteiger partial charge is 0.467 e. The summed E-state index contributed by atoms with van der Waals surface area (Å²) >= 11 is 0. The molecule has 2 atom stereocenters. The molecule has 0 aromatic heterocycles. The van der Waals surface area contributed by atoms with E-state index in [1.54, 1.807) is 0 Å². The van der Waals surface area contributed by atoms with E-state index in [4.69, 9.17) is 9.47 Å². The smallest absolute Gasteiger partial charge is 0.341 e. The van der Waals surface area contributed by atoms with E-state index in [1.165, 1.54) is 20.6 Å². The highest BCUT2D eigenvalue weighted by atomic mass is 16.7. The Kier molecular flexibility index (Phi) is 3.38.